The molecule has 3 heteroatoms. The van der Waals surface area contributed by atoms with Crippen LogP contribution in [0.25, 0.3) is 10.9 Å². The van der Waals surface area contributed by atoms with E-state index in [4.69, 9.17) is 0 Å². The molecule has 1 amide bonds. The molecule has 1 N–H and O–H groups in total. The first kappa shape index (κ1) is 17.8. The fourth-order valence-corrected chi connectivity index (χ4v) is 4.39. The highest BCUT2D eigenvalue weighted by Gasteiger charge is 2.37. The Morgan fingerprint density at radius 3 is 2.63 bits per heavy atom. The minimum Gasteiger partial charge on any atom is -0.358 e. The van der Waals surface area contributed by atoms with Gasteiger partial charge >= 0.3 is 0 Å². The molecule has 1 aromatic heterocycles. The summed E-state index contributed by atoms with van der Waals surface area (Å²) in [7, 11) is 0. The van der Waals surface area contributed by atoms with Crippen molar-refractivity contribution in [2.45, 2.75) is 45.6 Å². The lowest BCUT2D eigenvalue weighted by atomic mass is 9.73. The third-order valence-electron chi connectivity index (χ3n) is 6.22. The van der Waals surface area contributed by atoms with Gasteiger partial charge in [0.2, 0.25) is 5.91 Å². The number of carbonyl (C=O) groups excluding carboxylic acids is 1. The first-order valence-corrected chi connectivity index (χ1v) is 10.1. The van der Waals surface area contributed by atoms with Gasteiger partial charge in [0.1, 0.15) is 0 Å². The maximum Gasteiger partial charge on any atom is 0.222 e. The zero-order valence-electron chi connectivity index (χ0n) is 16.1. The summed E-state index contributed by atoms with van der Waals surface area (Å²) in [5, 5.41) is 1.28. The molecule has 2 aromatic carbocycles. The summed E-state index contributed by atoms with van der Waals surface area (Å²) >= 11 is 0. The Morgan fingerprint density at radius 1 is 1.07 bits per heavy atom. The highest BCUT2D eigenvalue weighted by molar-refractivity contribution is 5.80. The standard InChI is InChI=1S/C24H28N2O/c1-2-24(14-12-21-16-20-10-6-7-11-22(20)25-21)15-13-23(27)26(18-24)17-19-8-4-3-5-9-19/h3-11,16,25H,2,12-15,17-18H2,1H3. The molecule has 0 radical (unpaired) electrons. The van der Waals surface area contributed by atoms with Crippen molar-refractivity contribution >= 4 is 16.8 Å². The number of aromatic amines is 1. The molecule has 0 aliphatic carbocycles. The van der Waals surface area contributed by atoms with E-state index in [9.17, 15) is 4.79 Å². The first-order chi connectivity index (χ1) is 13.2. The van der Waals surface area contributed by atoms with Gasteiger partial charge in [0.25, 0.3) is 0 Å². The molecular weight excluding hydrogens is 332 g/mol. The zero-order chi connectivity index (χ0) is 18.7. The van der Waals surface area contributed by atoms with Crippen LogP contribution in [0.2, 0.25) is 0 Å². The molecular formula is C24H28N2O. The van der Waals surface area contributed by atoms with E-state index in [2.05, 4.69) is 59.3 Å². The van der Waals surface area contributed by atoms with Crippen molar-refractivity contribution in [1.29, 1.82) is 0 Å². The summed E-state index contributed by atoms with van der Waals surface area (Å²) in [4.78, 5) is 18.1. The third kappa shape index (κ3) is 3.92. The van der Waals surface area contributed by atoms with Crippen LogP contribution in [0.4, 0.5) is 0 Å². The molecule has 2 heterocycles. The van der Waals surface area contributed by atoms with Crippen molar-refractivity contribution in [1.82, 2.24) is 9.88 Å². The maximum absolute atomic E-state index is 12.5. The van der Waals surface area contributed by atoms with Crippen molar-refractivity contribution < 1.29 is 4.79 Å². The molecule has 1 unspecified atom stereocenters. The number of rotatable bonds is 6. The number of amides is 1. The van der Waals surface area contributed by atoms with Crippen molar-refractivity contribution in [2.24, 2.45) is 5.41 Å². The van der Waals surface area contributed by atoms with Gasteiger partial charge in [-0.25, -0.2) is 0 Å². The lowest BCUT2D eigenvalue weighted by Crippen LogP contribution is -2.46. The van der Waals surface area contributed by atoms with Gasteiger partial charge in [-0.3, -0.25) is 4.79 Å². The van der Waals surface area contributed by atoms with Crippen LogP contribution in [0.3, 0.4) is 0 Å². The molecule has 1 aliphatic heterocycles. The molecule has 0 spiro atoms. The number of hydrogen-bond donors (Lipinski definition) is 1. The lowest BCUT2D eigenvalue weighted by Gasteiger charge is -2.42. The van der Waals surface area contributed by atoms with Gasteiger partial charge in [-0.05, 0) is 54.2 Å². The van der Waals surface area contributed by atoms with Crippen LogP contribution in [-0.2, 0) is 17.8 Å². The topological polar surface area (TPSA) is 36.1 Å². The number of para-hydroxylation sites is 1. The molecule has 4 rings (SSSR count). The number of nitrogens with zero attached hydrogens (tertiary/aromatic N) is 1. The molecule has 140 valence electrons. The molecule has 1 fully saturated rings. The van der Waals surface area contributed by atoms with E-state index < -0.39 is 0 Å². The predicted octanol–water partition coefficient (Wildman–Crippen LogP) is 5.32. The van der Waals surface area contributed by atoms with Gasteiger partial charge in [0.05, 0.1) is 0 Å². The number of H-pyrrole nitrogens is 1. The number of piperidine rings is 1. The number of nitrogens with one attached hydrogen (secondary N) is 1. The lowest BCUT2D eigenvalue weighted by molar-refractivity contribution is -0.138. The Bertz CT molecular complexity index is 881. The van der Waals surface area contributed by atoms with Crippen molar-refractivity contribution in [2.75, 3.05) is 6.54 Å². The van der Waals surface area contributed by atoms with E-state index in [0.717, 1.165) is 38.8 Å². The van der Waals surface area contributed by atoms with Gasteiger partial charge in [0, 0.05) is 30.7 Å². The van der Waals surface area contributed by atoms with Gasteiger partial charge < -0.3 is 9.88 Å². The van der Waals surface area contributed by atoms with Crippen molar-refractivity contribution in [3.05, 3.63) is 71.9 Å². The Morgan fingerprint density at radius 2 is 1.85 bits per heavy atom. The Balaban J connectivity index is 1.46. The van der Waals surface area contributed by atoms with E-state index in [1.807, 2.05) is 18.2 Å². The van der Waals surface area contributed by atoms with Crippen LogP contribution >= 0.6 is 0 Å². The minimum atomic E-state index is 0.222. The summed E-state index contributed by atoms with van der Waals surface area (Å²) in [5.41, 5.74) is 3.95. The molecule has 0 saturated carbocycles. The van der Waals surface area contributed by atoms with E-state index in [0.29, 0.717) is 12.3 Å². The predicted molar refractivity (Wildman–Crippen MR) is 110 cm³/mol. The van der Waals surface area contributed by atoms with Gasteiger partial charge in [-0.15, -0.1) is 0 Å². The number of aryl methyl sites for hydroxylation is 1. The molecule has 1 saturated heterocycles. The number of fused-ring (bicyclic) bond motifs is 1. The molecule has 1 atom stereocenters. The molecule has 3 nitrogen and oxygen atoms in total. The van der Waals surface area contributed by atoms with E-state index in [1.54, 1.807) is 0 Å². The van der Waals surface area contributed by atoms with Crippen LogP contribution in [0.1, 0.15) is 43.9 Å². The van der Waals surface area contributed by atoms with Crippen molar-refractivity contribution in [3.63, 3.8) is 0 Å². The second-order valence-electron chi connectivity index (χ2n) is 7.97. The minimum absolute atomic E-state index is 0.222. The molecule has 0 bridgehead atoms. The quantitative estimate of drug-likeness (QED) is 0.634. The fraction of sp³-hybridized carbons (Fsp3) is 0.375. The van der Waals surface area contributed by atoms with Gasteiger partial charge in [0.15, 0.2) is 0 Å². The SMILES string of the molecule is CCC1(CCc2cc3ccccc3[nH]2)CCC(=O)N(Cc2ccccc2)C1. The summed E-state index contributed by atoms with van der Waals surface area (Å²) in [6, 6.07) is 21.1. The number of likely N-dealkylation sites (tertiary alicyclic amines) is 1. The summed E-state index contributed by atoms with van der Waals surface area (Å²) in [6.45, 7) is 3.88. The smallest absolute Gasteiger partial charge is 0.222 e. The second kappa shape index (κ2) is 7.59. The molecule has 1 aliphatic rings. The third-order valence-corrected chi connectivity index (χ3v) is 6.22. The van der Waals surface area contributed by atoms with Gasteiger partial charge in [-0.2, -0.15) is 0 Å². The van der Waals surface area contributed by atoms with Gasteiger partial charge in [-0.1, -0.05) is 55.5 Å². The normalized spacial score (nSPS) is 20.3. The number of benzene rings is 2. The maximum atomic E-state index is 12.5. The number of carbonyl (C=O) groups is 1. The molecule has 27 heavy (non-hydrogen) atoms. The zero-order valence-corrected chi connectivity index (χ0v) is 16.1. The average Bonchev–Trinajstić information content (AvgIpc) is 3.13. The van der Waals surface area contributed by atoms with Crippen LogP contribution < -0.4 is 0 Å². The van der Waals surface area contributed by atoms with E-state index in [-0.39, 0.29) is 5.41 Å². The monoisotopic (exact) mass is 360 g/mol. The van der Waals surface area contributed by atoms with Crippen LogP contribution in [0.5, 0.6) is 0 Å². The number of hydrogen-bond acceptors (Lipinski definition) is 1. The van der Waals surface area contributed by atoms with Crippen molar-refractivity contribution in [3.8, 4) is 0 Å². The van der Waals surface area contributed by atoms with E-state index >= 15 is 0 Å². The average molecular weight is 361 g/mol. The Kier molecular flexibility index (Phi) is 5.02. The van der Waals surface area contributed by atoms with Crippen LogP contribution in [0, 0.1) is 5.41 Å². The largest absolute Gasteiger partial charge is 0.358 e. The Hall–Kier alpha value is -2.55. The first-order valence-electron chi connectivity index (χ1n) is 10.1. The number of aromatic nitrogens is 1. The van der Waals surface area contributed by atoms with Crippen LogP contribution in [0.15, 0.2) is 60.7 Å². The Labute approximate surface area is 161 Å². The second-order valence-corrected chi connectivity index (χ2v) is 7.97. The fourth-order valence-electron chi connectivity index (χ4n) is 4.39. The summed E-state index contributed by atoms with van der Waals surface area (Å²) in [5.74, 6) is 0.300. The highest BCUT2D eigenvalue weighted by atomic mass is 16.2. The summed E-state index contributed by atoms with van der Waals surface area (Å²) in [6.07, 6.45) is 4.96. The highest BCUT2D eigenvalue weighted by Crippen LogP contribution is 2.39. The van der Waals surface area contributed by atoms with E-state index in [1.165, 1.54) is 22.2 Å². The van der Waals surface area contributed by atoms with Crippen LogP contribution in [-0.4, -0.2) is 22.3 Å². The summed E-state index contributed by atoms with van der Waals surface area (Å²) < 4.78 is 0. The molecule has 3 aromatic rings.